The van der Waals surface area contributed by atoms with E-state index in [1.165, 1.54) is 154 Å². The standard InChI is InChI=1S/C32H64O2/c1-4-7-10-13-14-15-16-17-18-19-20-21-22-23-26-29-32(33)34-30-31(27-24-11-8-5-2)28-25-12-9-6-3/h31H,4-30H2,1-3H3. The van der Waals surface area contributed by atoms with Gasteiger partial charge in [0, 0.05) is 6.42 Å². The van der Waals surface area contributed by atoms with Crippen LogP contribution in [-0.2, 0) is 9.53 Å². The maximum atomic E-state index is 12.2. The number of hydrogen-bond acceptors (Lipinski definition) is 2. The number of rotatable bonds is 28. The highest BCUT2D eigenvalue weighted by molar-refractivity contribution is 5.69. The maximum absolute atomic E-state index is 12.2. The van der Waals surface area contributed by atoms with Crippen LogP contribution >= 0.6 is 0 Å². The van der Waals surface area contributed by atoms with Crippen LogP contribution in [0.3, 0.4) is 0 Å². The molecule has 0 fully saturated rings. The maximum Gasteiger partial charge on any atom is 0.305 e. The quantitative estimate of drug-likeness (QED) is 0.0821. The molecule has 2 nitrogen and oxygen atoms in total. The van der Waals surface area contributed by atoms with Crippen molar-refractivity contribution in [3.63, 3.8) is 0 Å². The van der Waals surface area contributed by atoms with Gasteiger partial charge in [-0.25, -0.2) is 0 Å². The average Bonchev–Trinajstić information content (AvgIpc) is 2.84. The molecule has 0 N–H and O–H groups in total. The van der Waals surface area contributed by atoms with Crippen LogP contribution < -0.4 is 0 Å². The number of ether oxygens (including phenoxy) is 1. The molecule has 0 aromatic carbocycles. The van der Waals surface area contributed by atoms with E-state index in [0.717, 1.165) is 6.42 Å². The molecule has 34 heavy (non-hydrogen) atoms. The molecule has 0 rings (SSSR count). The lowest BCUT2D eigenvalue weighted by molar-refractivity contribution is -0.145. The molecule has 0 spiro atoms. The van der Waals surface area contributed by atoms with Gasteiger partial charge in [-0.1, -0.05) is 162 Å². The van der Waals surface area contributed by atoms with Crippen molar-refractivity contribution in [2.75, 3.05) is 6.61 Å². The topological polar surface area (TPSA) is 26.3 Å². The summed E-state index contributed by atoms with van der Waals surface area (Å²) in [6.45, 7) is 7.48. The first kappa shape index (κ1) is 33.5. The predicted octanol–water partition coefficient (Wildman–Crippen LogP) is 11.3. The van der Waals surface area contributed by atoms with Crippen molar-refractivity contribution >= 4 is 5.97 Å². The summed E-state index contributed by atoms with van der Waals surface area (Å²) in [6, 6.07) is 0. The molecule has 0 amide bonds. The highest BCUT2D eigenvalue weighted by atomic mass is 16.5. The van der Waals surface area contributed by atoms with Crippen molar-refractivity contribution in [2.45, 2.75) is 188 Å². The minimum Gasteiger partial charge on any atom is -0.465 e. The molecule has 2 heteroatoms. The van der Waals surface area contributed by atoms with Gasteiger partial charge in [0.15, 0.2) is 0 Å². The zero-order valence-corrected chi connectivity index (χ0v) is 24.0. The Balaban J connectivity index is 3.59. The first-order valence-electron chi connectivity index (χ1n) is 15.9. The van der Waals surface area contributed by atoms with Crippen LogP contribution in [0, 0.1) is 5.92 Å². The highest BCUT2D eigenvalue weighted by Gasteiger charge is 2.12. The smallest absolute Gasteiger partial charge is 0.305 e. The van der Waals surface area contributed by atoms with Crippen molar-refractivity contribution in [2.24, 2.45) is 5.92 Å². The SMILES string of the molecule is CCCCCCCCCCCCCCCCCC(=O)OCC(CCCCCC)CCCCCC. The lowest BCUT2D eigenvalue weighted by Crippen LogP contribution is -2.14. The number of esters is 1. The Kier molecular flexibility index (Phi) is 28.3. The minimum absolute atomic E-state index is 0.0433. The van der Waals surface area contributed by atoms with E-state index in [9.17, 15) is 4.79 Å². The van der Waals surface area contributed by atoms with Crippen molar-refractivity contribution < 1.29 is 9.53 Å². The summed E-state index contributed by atoms with van der Waals surface area (Å²) in [5.74, 6) is 0.625. The molecule has 0 aliphatic carbocycles. The van der Waals surface area contributed by atoms with E-state index in [-0.39, 0.29) is 5.97 Å². The van der Waals surface area contributed by atoms with E-state index < -0.39 is 0 Å². The van der Waals surface area contributed by atoms with E-state index in [1.807, 2.05) is 0 Å². The van der Waals surface area contributed by atoms with E-state index in [2.05, 4.69) is 20.8 Å². The Labute approximate surface area is 215 Å². The van der Waals surface area contributed by atoms with Crippen molar-refractivity contribution in [3.8, 4) is 0 Å². The Morgan fingerprint density at radius 1 is 0.471 bits per heavy atom. The number of unbranched alkanes of at least 4 members (excludes halogenated alkanes) is 20. The summed E-state index contributed by atoms with van der Waals surface area (Å²) in [4.78, 5) is 12.2. The summed E-state index contributed by atoms with van der Waals surface area (Å²) >= 11 is 0. The molecule has 0 saturated carbocycles. The summed E-state index contributed by atoms with van der Waals surface area (Å²) in [6.07, 6.45) is 34.0. The zero-order chi connectivity index (χ0) is 25.0. The fourth-order valence-corrected chi connectivity index (χ4v) is 4.95. The molecule has 0 unspecified atom stereocenters. The third-order valence-corrected chi connectivity index (χ3v) is 7.40. The van der Waals surface area contributed by atoms with Crippen LogP contribution in [0.15, 0.2) is 0 Å². The lowest BCUT2D eigenvalue weighted by Gasteiger charge is -2.17. The van der Waals surface area contributed by atoms with Crippen molar-refractivity contribution in [1.29, 1.82) is 0 Å². The molecule has 204 valence electrons. The van der Waals surface area contributed by atoms with E-state index in [0.29, 0.717) is 18.9 Å². The van der Waals surface area contributed by atoms with Crippen LogP contribution in [0.5, 0.6) is 0 Å². The highest BCUT2D eigenvalue weighted by Crippen LogP contribution is 2.19. The van der Waals surface area contributed by atoms with Gasteiger partial charge in [-0.05, 0) is 25.2 Å². The van der Waals surface area contributed by atoms with Crippen LogP contribution in [0.4, 0.5) is 0 Å². The molecular formula is C32H64O2. The number of hydrogen-bond donors (Lipinski definition) is 0. The summed E-state index contributed by atoms with van der Waals surface area (Å²) in [5.41, 5.74) is 0. The van der Waals surface area contributed by atoms with Crippen molar-refractivity contribution in [1.82, 2.24) is 0 Å². The lowest BCUT2D eigenvalue weighted by atomic mass is 9.95. The summed E-state index contributed by atoms with van der Waals surface area (Å²) < 4.78 is 5.70. The van der Waals surface area contributed by atoms with E-state index in [4.69, 9.17) is 4.74 Å². The second kappa shape index (κ2) is 28.7. The van der Waals surface area contributed by atoms with Crippen LogP contribution in [0.2, 0.25) is 0 Å². The predicted molar refractivity (Wildman–Crippen MR) is 152 cm³/mol. The summed E-state index contributed by atoms with van der Waals surface area (Å²) in [5, 5.41) is 0. The van der Waals surface area contributed by atoms with Gasteiger partial charge in [-0.3, -0.25) is 4.79 Å². The van der Waals surface area contributed by atoms with Crippen LogP contribution in [-0.4, -0.2) is 12.6 Å². The summed E-state index contributed by atoms with van der Waals surface area (Å²) in [7, 11) is 0. The average molecular weight is 481 g/mol. The largest absolute Gasteiger partial charge is 0.465 e. The van der Waals surface area contributed by atoms with Gasteiger partial charge in [-0.15, -0.1) is 0 Å². The van der Waals surface area contributed by atoms with Gasteiger partial charge < -0.3 is 4.74 Å². The van der Waals surface area contributed by atoms with E-state index >= 15 is 0 Å². The Hall–Kier alpha value is -0.530. The molecule has 0 radical (unpaired) electrons. The number of carbonyl (C=O) groups excluding carboxylic acids is 1. The van der Waals surface area contributed by atoms with Gasteiger partial charge in [0.2, 0.25) is 0 Å². The zero-order valence-electron chi connectivity index (χ0n) is 24.0. The van der Waals surface area contributed by atoms with Gasteiger partial charge in [-0.2, -0.15) is 0 Å². The fraction of sp³-hybridized carbons (Fsp3) is 0.969. The van der Waals surface area contributed by atoms with Gasteiger partial charge in [0.25, 0.3) is 0 Å². The van der Waals surface area contributed by atoms with Crippen LogP contribution in [0.25, 0.3) is 0 Å². The second-order valence-electron chi connectivity index (χ2n) is 10.9. The van der Waals surface area contributed by atoms with Gasteiger partial charge >= 0.3 is 5.97 Å². The Bertz CT molecular complexity index is 380. The van der Waals surface area contributed by atoms with E-state index in [1.54, 1.807) is 0 Å². The third-order valence-electron chi connectivity index (χ3n) is 7.40. The first-order valence-corrected chi connectivity index (χ1v) is 15.9. The van der Waals surface area contributed by atoms with Gasteiger partial charge in [0.05, 0.1) is 6.61 Å². The fourth-order valence-electron chi connectivity index (χ4n) is 4.95. The first-order chi connectivity index (χ1) is 16.7. The molecule has 0 heterocycles. The van der Waals surface area contributed by atoms with Crippen molar-refractivity contribution in [3.05, 3.63) is 0 Å². The molecule has 0 aromatic heterocycles. The molecule has 0 saturated heterocycles. The normalized spacial score (nSPS) is 11.4. The Morgan fingerprint density at radius 3 is 1.18 bits per heavy atom. The number of carbonyl (C=O) groups is 1. The molecular weight excluding hydrogens is 416 g/mol. The second-order valence-corrected chi connectivity index (χ2v) is 10.9. The molecule has 0 aliphatic heterocycles. The van der Waals surface area contributed by atoms with Gasteiger partial charge in [0.1, 0.15) is 0 Å². The third kappa shape index (κ3) is 26.1. The molecule has 0 bridgehead atoms. The molecule has 0 aliphatic rings. The minimum atomic E-state index is 0.0433. The monoisotopic (exact) mass is 480 g/mol. The molecule has 0 aromatic rings. The Morgan fingerprint density at radius 2 is 0.794 bits per heavy atom. The van der Waals surface area contributed by atoms with Crippen LogP contribution in [0.1, 0.15) is 188 Å². The molecule has 0 atom stereocenters.